The van der Waals surface area contributed by atoms with Gasteiger partial charge in [0.15, 0.2) is 0 Å². The molecule has 0 saturated carbocycles. The maximum Gasteiger partial charge on any atom is -0.00232 e. The van der Waals surface area contributed by atoms with E-state index in [-0.39, 0.29) is 0 Å². The van der Waals surface area contributed by atoms with Crippen molar-refractivity contribution in [2.75, 3.05) is 13.1 Å². The zero-order valence-electron chi connectivity index (χ0n) is 10.3. The molecule has 0 aliphatic carbocycles. The van der Waals surface area contributed by atoms with Crippen LogP contribution < -0.4 is 5.32 Å². The van der Waals surface area contributed by atoms with E-state index < -0.39 is 0 Å². The highest BCUT2D eigenvalue weighted by Gasteiger charge is 2.03. The summed E-state index contributed by atoms with van der Waals surface area (Å²) in [5.41, 5.74) is 0. The number of hydrogen-bond donors (Lipinski definition) is 1. The molecule has 1 aliphatic rings. The summed E-state index contributed by atoms with van der Waals surface area (Å²) in [5.74, 6) is 0.908. The summed E-state index contributed by atoms with van der Waals surface area (Å²) >= 11 is 0. The smallest absolute Gasteiger partial charge is 0.00232 e. The molecule has 1 aliphatic heterocycles. The van der Waals surface area contributed by atoms with Gasteiger partial charge in [-0.05, 0) is 31.8 Å². The van der Waals surface area contributed by atoms with Crippen LogP contribution >= 0.6 is 0 Å². The molecule has 1 fully saturated rings. The maximum atomic E-state index is 3.44. The van der Waals surface area contributed by atoms with Gasteiger partial charge in [0.25, 0.3) is 0 Å². The maximum absolute atomic E-state index is 3.44. The van der Waals surface area contributed by atoms with Crippen LogP contribution in [0, 0.1) is 5.92 Å². The van der Waals surface area contributed by atoms with Gasteiger partial charge in [-0.15, -0.1) is 0 Å². The third-order valence-corrected chi connectivity index (χ3v) is 2.04. The van der Waals surface area contributed by atoms with Crippen molar-refractivity contribution in [1.82, 2.24) is 5.32 Å². The van der Waals surface area contributed by atoms with Crippen molar-refractivity contribution in [1.29, 1.82) is 0 Å². The second kappa shape index (κ2) is 14.5. The Hall–Kier alpha value is -0.0400. The summed E-state index contributed by atoms with van der Waals surface area (Å²) in [6.45, 7) is 12.8. The van der Waals surface area contributed by atoms with Crippen LogP contribution in [0.3, 0.4) is 0 Å². The fourth-order valence-electron chi connectivity index (χ4n) is 1.37. The minimum atomic E-state index is 0.908. The lowest BCUT2D eigenvalue weighted by Gasteiger charge is -2.15. The van der Waals surface area contributed by atoms with E-state index in [1.807, 2.05) is 27.7 Å². The zero-order valence-corrected chi connectivity index (χ0v) is 10.3. The minimum absolute atomic E-state index is 0.908. The molecule has 0 bridgehead atoms. The van der Waals surface area contributed by atoms with Crippen molar-refractivity contribution in [2.45, 2.75) is 60.3 Å². The van der Waals surface area contributed by atoms with Gasteiger partial charge in [-0.25, -0.2) is 0 Å². The lowest BCUT2D eigenvalue weighted by Crippen LogP contribution is -2.24. The Morgan fingerprint density at radius 2 is 1.54 bits per heavy atom. The molecule has 0 aromatic heterocycles. The SMILES string of the molecule is CC.CC.CC1CCCCCNC1. The highest BCUT2D eigenvalue weighted by atomic mass is 14.9. The molecule has 1 rings (SSSR count). The summed E-state index contributed by atoms with van der Waals surface area (Å²) in [7, 11) is 0. The van der Waals surface area contributed by atoms with E-state index in [9.17, 15) is 0 Å². The standard InChI is InChI=1S/C8H17N.2C2H6/c1-8-5-3-2-4-6-9-7-8;2*1-2/h8-9H,2-7H2,1H3;2*1-2H3. The molecule has 0 amide bonds. The van der Waals surface area contributed by atoms with Gasteiger partial charge in [0.1, 0.15) is 0 Å². The third-order valence-electron chi connectivity index (χ3n) is 2.04. The molecule has 1 atom stereocenters. The van der Waals surface area contributed by atoms with Gasteiger partial charge in [-0.3, -0.25) is 0 Å². The van der Waals surface area contributed by atoms with Gasteiger partial charge >= 0.3 is 0 Å². The first-order valence-electron chi connectivity index (χ1n) is 6.10. The van der Waals surface area contributed by atoms with E-state index in [0.29, 0.717) is 0 Å². The number of hydrogen-bond acceptors (Lipinski definition) is 1. The van der Waals surface area contributed by atoms with Crippen LogP contribution in [0.15, 0.2) is 0 Å². The number of rotatable bonds is 0. The van der Waals surface area contributed by atoms with Crippen molar-refractivity contribution in [3.05, 3.63) is 0 Å². The summed E-state index contributed by atoms with van der Waals surface area (Å²) in [6.07, 6.45) is 5.68. The number of nitrogens with one attached hydrogen (secondary N) is 1. The van der Waals surface area contributed by atoms with E-state index in [4.69, 9.17) is 0 Å². The van der Waals surface area contributed by atoms with Crippen molar-refractivity contribution >= 4 is 0 Å². The van der Waals surface area contributed by atoms with Crippen LogP contribution in [0.4, 0.5) is 0 Å². The predicted molar refractivity (Wildman–Crippen MR) is 63.2 cm³/mol. The molecule has 0 aromatic rings. The average Bonchev–Trinajstić information content (AvgIpc) is 2.18. The minimum Gasteiger partial charge on any atom is -0.316 e. The van der Waals surface area contributed by atoms with Crippen molar-refractivity contribution in [2.24, 2.45) is 5.92 Å². The van der Waals surface area contributed by atoms with E-state index >= 15 is 0 Å². The molecule has 1 N–H and O–H groups in total. The van der Waals surface area contributed by atoms with Gasteiger partial charge in [-0.1, -0.05) is 47.5 Å². The Morgan fingerprint density at radius 3 is 2.15 bits per heavy atom. The molecule has 0 aromatic carbocycles. The molecule has 0 radical (unpaired) electrons. The molecule has 1 heterocycles. The summed E-state index contributed by atoms with van der Waals surface area (Å²) in [5, 5.41) is 3.44. The monoisotopic (exact) mass is 187 g/mol. The Labute approximate surface area is 85.3 Å². The molecule has 1 saturated heterocycles. The normalized spacial score (nSPS) is 22.4. The molecular weight excluding hydrogens is 158 g/mol. The first-order chi connectivity index (χ1) is 6.39. The van der Waals surface area contributed by atoms with Crippen LogP contribution in [0.25, 0.3) is 0 Å². The van der Waals surface area contributed by atoms with Gasteiger partial charge in [0.05, 0.1) is 0 Å². The first-order valence-corrected chi connectivity index (χ1v) is 6.10. The molecule has 1 heteroatoms. The lowest BCUT2D eigenvalue weighted by molar-refractivity contribution is 0.420. The van der Waals surface area contributed by atoms with E-state index in [0.717, 1.165) is 5.92 Å². The van der Waals surface area contributed by atoms with Crippen LogP contribution in [0.1, 0.15) is 60.3 Å². The van der Waals surface area contributed by atoms with Crippen molar-refractivity contribution < 1.29 is 0 Å². The third kappa shape index (κ3) is 12.0. The van der Waals surface area contributed by atoms with E-state index in [1.165, 1.54) is 38.8 Å². The average molecular weight is 187 g/mol. The topological polar surface area (TPSA) is 12.0 Å². The highest BCUT2D eigenvalue weighted by molar-refractivity contribution is 4.61. The second-order valence-electron chi connectivity index (χ2n) is 3.16. The van der Waals surface area contributed by atoms with Crippen LogP contribution in [-0.4, -0.2) is 13.1 Å². The molecule has 82 valence electrons. The quantitative estimate of drug-likeness (QED) is 0.607. The largest absolute Gasteiger partial charge is 0.316 e. The van der Waals surface area contributed by atoms with E-state index in [2.05, 4.69) is 12.2 Å². The first kappa shape index (κ1) is 15.4. The Bertz CT molecular complexity index is 63.5. The van der Waals surface area contributed by atoms with Crippen LogP contribution in [-0.2, 0) is 0 Å². The summed E-state index contributed by atoms with van der Waals surface area (Å²) in [4.78, 5) is 0. The molecule has 1 unspecified atom stereocenters. The molecular formula is C12H29N. The molecule has 0 spiro atoms. The molecule has 1 nitrogen and oxygen atoms in total. The van der Waals surface area contributed by atoms with Gasteiger partial charge in [0, 0.05) is 0 Å². The highest BCUT2D eigenvalue weighted by Crippen LogP contribution is 2.10. The molecule has 13 heavy (non-hydrogen) atoms. The van der Waals surface area contributed by atoms with Crippen LogP contribution in [0.2, 0.25) is 0 Å². The summed E-state index contributed by atoms with van der Waals surface area (Å²) < 4.78 is 0. The Kier molecular flexibility index (Phi) is 17.2. The van der Waals surface area contributed by atoms with Crippen molar-refractivity contribution in [3.8, 4) is 0 Å². The van der Waals surface area contributed by atoms with Gasteiger partial charge in [-0.2, -0.15) is 0 Å². The van der Waals surface area contributed by atoms with E-state index in [1.54, 1.807) is 0 Å². The van der Waals surface area contributed by atoms with Gasteiger partial charge < -0.3 is 5.32 Å². The van der Waals surface area contributed by atoms with Crippen molar-refractivity contribution in [3.63, 3.8) is 0 Å². The van der Waals surface area contributed by atoms with Crippen LogP contribution in [0.5, 0.6) is 0 Å². The Balaban J connectivity index is 0. The lowest BCUT2D eigenvalue weighted by atomic mass is 10.0. The Morgan fingerprint density at radius 1 is 0.923 bits per heavy atom. The fraction of sp³-hybridized carbons (Fsp3) is 1.00. The van der Waals surface area contributed by atoms with Gasteiger partial charge in [0.2, 0.25) is 0 Å². The fourth-order valence-corrected chi connectivity index (χ4v) is 1.37. The zero-order chi connectivity index (χ0) is 10.5. The second-order valence-corrected chi connectivity index (χ2v) is 3.16. The summed E-state index contributed by atoms with van der Waals surface area (Å²) in [6, 6.07) is 0. The predicted octanol–water partition coefficient (Wildman–Crippen LogP) is 3.84.